The number of methoxy groups -OCH3 is 1. The lowest BCUT2D eigenvalue weighted by Crippen LogP contribution is -2.42. The normalized spacial score (nSPS) is 25.7. The summed E-state index contributed by atoms with van der Waals surface area (Å²) in [7, 11) is 1.36. The van der Waals surface area contributed by atoms with E-state index in [1.807, 2.05) is 24.3 Å². The van der Waals surface area contributed by atoms with Crippen molar-refractivity contribution in [3.05, 3.63) is 57.7 Å². The summed E-state index contributed by atoms with van der Waals surface area (Å²) in [6.45, 7) is 0. The van der Waals surface area contributed by atoms with Crippen LogP contribution in [-0.4, -0.2) is 23.3 Å². The molecule has 0 aromatic heterocycles. The maximum absolute atomic E-state index is 13.0. The summed E-state index contributed by atoms with van der Waals surface area (Å²) in [6.07, 6.45) is 4.97. The van der Waals surface area contributed by atoms with Gasteiger partial charge in [0.15, 0.2) is 0 Å². The fourth-order valence-corrected chi connectivity index (χ4v) is 5.11. The van der Waals surface area contributed by atoms with Crippen molar-refractivity contribution in [1.82, 2.24) is 5.32 Å². The number of hydrogen-bond acceptors (Lipinski definition) is 3. The second-order valence-corrected chi connectivity index (χ2v) is 8.61. The number of carbonyl (C=O) groups excluding carboxylic acids is 2. The topological polar surface area (TPSA) is 55.4 Å². The highest BCUT2D eigenvalue weighted by atomic mass is 79.9. The van der Waals surface area contributed by atoms with Crippen LogP contribution in [0.2, 0.25) is 5.02 Å². The number of carbonyl (C=O) groups is 2. The summed E-state index contributed by atoms with van der Waals surface area (Å²) in [4.78, 5) is 24.7. The van der Waals surface area contributed by atoms with Crippen molar-refractivity contribution >= 4 is 51.0 Å². The Morgan fingerprint density at radius 2 is 2.23 bits per heavy atom. The Hall–Kier alpha value is -1.30. The summed E-state index contributed by atoms with van der Waals surface area (Å²) in [5.74, 6) is -0.808. The fourth-order valence-electron chi connectivity index (χ4n) is 3.68. The lowest BCUT2D eigenvalue weighted by atomic mass is 9.74. The van der Waals surface area contributed by atoms with Gasteiger partial charge in [-0.05, 0) is 36.6 Å². The molecule has 1 aromatic rings. The largest absolute Gasteiger partial charge is 0.469 e. The van der Waals surface area contributed by atoms with E-state index in [1.54, 1.807) is 12.1 Å². The van der Waals surface area contributed by atoms with Crippen LogP contribution in [0, 0.1) is 5.92 Å². The van der Waals surface area contributed by atoms with Crippen LogP contribution in [0.4, 0.5) is 0 Å². The summed E-state index contributed by atoms with van der Waals surface area (Å²) in [5.41, 5.74) is 1.69. The lowest BCUT2D eigenvalue weighted by Gasteiger charge is -2.35. The summed E-state index contributed by atoms with van der Waals surface area (Å²) < 4.78 is 3.89. The molecule has 1 aliphatic heterocycles. The summed E-state index contributed by atoms with van der Waals surface area (Å²) >= 11 is 16.0. The van der Waals surface area contributed by atoms with E-state index in [4.69, 9.17) is 27.9 Å². The number of hydrogen-bond donors (Lipinski definition) is 1. The van der Waals surface area contributed by atoms with Crippen molar-refractivity contribution in [1.29, 1.82) is 0 Å². The molecule has 1 aromatic carbocycles. The second-order valence-electron chi connectivity index (χ2n) is 6.42. The maximum Gasteiger partial charge on any atom is 0.305 e. The molecule has 0 saturated carbocycles. The second kappa shape index (κ2) is 7.75. The predicted octanol–water partition coefficient (Wildman–Crippen LogP) is 4.67. The number of nitrogens with one attached hydrogen (secondary N) is 1. The van der Waals surface area contributed by atoms with Crippen LogP contribution >= 0.6 is 39.1 Å². The number of esters is 1. The van der Waals surface area contributed by atoms with Crippen LogP contribution in [0.1, 0.15) is 30.7 Å². The Labute approximate surface area is 170 Å². The molecule has 1 saturated heterocycles. The van der Waals surface area contributed by atoms with Gasteiger partial charge in [0, 0.05) is 34.0 Å². The molecule has 3 atom stereocenters. The zero-order valence-corrected chi connectivity index (χ0v) is 17.2. The summed E-state index contributed by atoms with van der Waals surface area (Å²) in [5, 5.41) is 4.14. The maximum atomic E-state index is 13.0. The molecule has 1 heterocycles. The van der Waals surface area contributed by atoms with Crippen LogP contribution in [-0.2, 0) is 14.3 Å². The predicted molar refractivity (Wildman–Crippen MR) is 105 cm³/mol. The molecule has 0 bridgehead atoms. The van der Waals surface area contributed by atoms with E-state index in [9.17, 15) is 9.59 Å². The van der Waals surface area contributed by atoms with Gasteiger partial charge in [-0.1, -0.05) is 57.3 Å². The van der Waals surface area contributed by atoms with E-state index < -0.39 is 4.32 Å². The van der Waals surface area contributed by atoms with Crippen LogP contribution in [0.3, 0.4) is 0 Å². The minimum atomic E-state index is -0.897. The number of rotatable bonds is 5. The van der Waals surface area contributed by atoms with Gasteiger partial charge in [0.25, 0.3) is 0 Å². The van der Waals surface area contributed by atoms with Gasteiger partial charge in [0.1, 0.15) is 4.32 Å². The molecular formula is C19H18BrCl2NO3. The van der Waals surface area contributed by atoms with Crippen LogP contribution in [0.5, 0.6) is 0 Å². The molecule has 7 heteroatoms. The quantitative estimate of drug-likeness (QED) is 0.515. The van der Waals surface area contributed by atoms with Gasteiger partial charge >= 0.3 is 5.97 Å². The highest BCUT2D eigenvalue weighted by molar-refractivity contribution is 9.10. The molecule has 0 spiro atoms. The molecule has 1 amide bonds. The van der Waals surface area contributed by atoms with Gasteiger partial charge in [0.2, 0.25) is 5.91 Å². The smallest absolute Gasteiger partial charge is 0.305 e. The van der Waals surface area contributed by atoms with Crippen molar-refractivity contribution < 1.29 is 14.3 Å². The van der Waals surface area contributed by atoms with Gasteiger partial charge in [-0.2, -0.15) is 0 Å². The van der Waals surface area contributed by atoms with E-state index in [-0.39, 0.29) is 30.1 Å². The van der Waals surface area contributed by atoms with E-state index >= 15 is 0 Å². The first-order chi connectivity index (χ1) is 12.4. The number of benzene rings is 1. The van der Waals surface area contributed by atoms with E-state index in [1.165, 1.54) is 7.11 Å². The van der Waals surface area contributed by atoms with Crippen molar-refractivity contribution in [3.63, 3.8) is 0 Å². The number of allylic oxidation sites excluding steroid dienone is 4. The Kier molecular flexibility index (Phi) is 5.80. The average molecular weight is 459 g/mol. The Morgan fingerprint density at radius 1 is 1.46 bits per heavy atom. The van der Waals surface area contributed by atoms with Crippen LogP contribution in [0.25, 0.3) is 0 Å². The first kappa shape index (κ1) is 19.5. The van der Waals surface area contributed by atoms with Gasteiger partial charge in [-0.25, -0.2) is 0 Å². The third-order valence-electron chi connectivity index (χ3n) is 4.95. The standard InChI is InChI=1S/C19H18BrCl2NO3/c1-26-17(24)8-7-14(11-3-2-4-12(21)9-11)19(20)15-6-5-13(22)10-16(15)23-18(19)25/h2-5,9-10,14-15H,6-8H2,1H3,(H,23,25). The molecule has 0 radical (unpaired) electrons. The van der Waals surface area contributed by atoms with Crippen LogP contribution in [0.15, 0.2) is 47.1 Å². The molecular weight excluding hydrogens is 441 g/mol. The third kappa shape index (κ3) is 3.57. The molecule has 26 heavy (non-hydrogen) atoms. The number of fused-ring (bicyclic) bond motifs is 1. The van der Waals surface area contributed by atoms with Gasteiger partial charge < -0.3 is 10.1 Å². The van der Waals surface area contributed by atoms with Gasteiger partial charge in [-0.15, -0.1) is 0 Å². The van der Waals surface area contributed by atoms with Crippen molar-refractivity contribution in [2.24, 2.45) is 5.92 Å². The third-order valence-corrected chi connectivity index (χ3v) is 6.92. The molecule has 2 aliphatic rings. The van der Waals surface area contributed by atoms with Crippen molar-refractivity contribution in [2.45, 2.75) is 29.5 Å². The molecule has 1 N–H and O–H groups in total. The number of amides is 1. The molecule has 138 valence electrons. The first-order valence-corrected chi connectivity index (χ1v) is 9.81. The van der Waals surface area contributed by atoms with Crippen molar-refractivity contribution in [2.75, 3.05) is 7.11 Å². The Morgan fingerprint density at radius 3 is 2.92 bits per heavy atom. The Balaban J connectivity index is 2.01. The highest BCUT2D eigenvalue weighted by Crippen LogP contribution is 2.52. The molecule has 3 rings (SSSR count). The van der Waals surface area contributed by atoms with Crippen molar-refractivity contribution in [3.8, 4) is 0 Å². The highest BCUT2D eigenvalue weighted by Gasteiger charge is 2.56. The minimum absolute atomic E-state index is 0.0980. The number of alkyl halides is 1. The SMILES string of the molecule is COC(=O)CCC(c1cccc(Cl)c1)C1(Br)C(=O)NC2=CC(Cl)=CCC21. The zero-order chi connectivity index (χ0) is 18.9. The summed E-state index contributed by atoms with van der Waals surface area (Å²) in [6, 6.07) is 7.40. The van der Waals surface area contributed by atoms with E-state index in [0.717, 1.165) is 11.3 Å². The number of ether oxygens (including phenoxy) is 1. The zero-order valence-electron chi connectivity index (χ0n) is 14.1. The Bertz CT molecular complexity index is 808. The van der Waals surface area contributed by atoms with Crippen LogP contribution < -0.4 is 5.32 Å². The minimum Gasteiger partial charge on any atom is -0.469 e. The van der Waals surface area contributed by atoms with Gasteiger partial charge in [-0.3, -0.25) is 9.59 Å². The lowest BCUT2D eigenvalue weighted by molar-refractivity contribution is -0.141. The molecule has 4 nitrogen and oxygen atoms in total. The average Bonchev–Trinajstić information content (AvgIpc) is 2.85. The van der Waals surface area contributed by atoms with E-state index in [2.05, 4.69) is 21.2 Å². The number of halogens is 3. The van der Waals surface area contributed by atoms with Gasteiger partial charge in [0.05, 0.1) is 7.11 Å². The molecule has 1 aliphatic carbocycles. The monoisotopic (exact) mass is 457 g/mol. The van der Waals surface area contributed by atoms with E-state index in [0.29, 0.717) is 22.9 Å². The molecule has 3 unspecified atom stereocenters. The fraction of sp³-hybridized carbons (Fsp3) is 0.368. The first-order valence-electron chi connectivity index (χ1n) is 8.26. The molecule has 1 fully saturated rings.